The lowest BCUT2D eigenvalue weighted by Gasteiger charge is -2.31. The number of amides is 1. The second kappa shape index (κ2) is 15.1. The summed E-state index contributed by atoms with van der Waals surface area (Å²) in [6, 6.07) is 25.9. The SMILES string of the molecule is COc1cccc([C@H]2OC(c3ccc(OCCCO)cc3)=N[C@@]2(CCS(=O)(=O)c2ccccc2)C(=O)NCc2ccccc2C(F)(F)F)c1. The Hall–Kier alpha value is -4.88. The molecule has 0 saturated heterocycles. The molecule has 13 heteroatoms. The number of aliphatic imine (C=N–C) groups is 1. The molecular formula is C36H35F3N2O7S. The monoisotopic (exact) mass is 696 g/mol. The van der Waals surface area contributed by atoms with Crippen LogP contribution in [0.2, 0.25) is 0 Å². The van der Waals surface area contributed by atoms with Crippen LogP contribution in [0.4, 0.5) is 13.2 Å². The molecule has 0 aliphatic carbocycles. The molecule has 0 radical (unpaired) electrons. The fourth-order valence-corrected chi connectivity index (χ4v) is 6.88. The van der Waals surface area contributed by atoms with Crippen molar-refractivity contribution < 1.29 is 45.7 Å². The van der Waals surface area contributed by atoms with E-state index in [9.17, 15) is 26.4 Å². The smallest absolute Gasteiger partial charge is 0.416 e. The van der Waals surface area contributed by atoms with Gasteiger partial charge in [0.2, 0.25) is 5.90 Å². The van der Waals surface area contributed by atoms with Crippen LogP contribution in [0.15, 0.2) is 113 Å². The normalized spacial score (nSPS) is 17.6. The van der Waals surface area contributed by atoms with E-state index in [1.54, 1.807) is 66.7 Å². The van der Waals surface area contributed by atoms with Crippen molar-refractivity contribution in [1.29, 1.82) is 0 Å². The molecule has 258 valence electrons. The van der Waals surface area contributed by atoms with Crippen molar-refractivity contribution in [3.63, 3.8) is 0 Å². The van der Waals surface area contributed by atoms with Crippen LogP contribution in [0, 0.1) is 0 Å². The molecule has 0 unspecified atom stereocenters. The van der Waals surface area contributed by atoms with Crippen molar-refractivity contribution in [2.45, 2.75) is 42.1 Å². The Morgan fingerprint density at radius 2 is 1.67 bits per heavy atom. The van der Waals surface area contributed by atoms with E-state index in [1.807, 2.05) is 0 Å². The maximum atomic E-state index is 14.4. The Kier molecular flexibility index (Phi) is 10.9. The van der Waals surface area contributed by atoms with Crippen molar-refractivity contribution in [3.8, 4) is 11.5 Å². The van der Waals surface area contributed by atoms with Crippen LogP contribution in [0.5, 0.6) is 11.5 Å². The van der Waals surface area contributed by atoms with E-state index in [-0.39, 0.29) is 29.4 Å². The van der Waals surface area contributed by atoms with Gasteiger partial charge < -0.3 is 24.6 Å². The molecular weight excluding hydrogens is 661 g/mol. The van der Waals surface area contributed by atoms with Crippen molar-refractivity contribution in [2.75, 3.05) is 26.1 Å². The van der Waals surface area contributed by atoms with Gasteiger partial charge in [0, 0.05) is 31.6 Å². The maximum absolute atomic E-state index is 14.4. The first-order valence-electron chi connectivity index (χ1n) is 15.4. The summed E-state index contributed by atoms with van der Waals surface area (Å²) in [6.45, 7) is -0.237. The van der Waals surface area contributed by atoms with Crippen molar-refractivity contribution in [1.82, 2.24) is 5.32 Å². The summed E-state index contributed by atoms with van der Waals surface area (Å²) in [5.74, 6) is -0.371. The third-order valence-corrected chi connectivity index (χ3v) is 9.77. The zero-order valence-corrected chi connectivity index (χ0v) is 27.3. The molecule has 1 heterocycles. The number of benzene rings is 4. The van der Waals surface area contributed by atoms with Crippen LogP contribution < -0.4 is 14.8 Å². The van der Waals surface area contributed by atoms with Crippen LogP contribution in [-0.4, -0.2) is 56.9 Å². The lowest BCUT2D eigenvalue weighted by atomic mass is 9.84. The van der Waals surface area contributed by atoms with Gasteiger partial charge in [-0.05, 0) is 65.7 Å². The van der Waals surface area contributed by atoms with E-state index >= 15 is 0 Å². The van der Waals surface area contributed by atoms with Gasteiger partial charge in [0.05, 0.1) is 29.9 Å². The molecule has 4 aromatic rings. The van der Waals surface area contributed by atoms with Gasteiger partial charge in [-0.3, -0.25) is 4.79 Å². The van der Waals surface area contributed by atoms with Crippen molar-refractivity contribution >= 4 is 21.6 Å². The lowest BCUT2D eigenvalue weighted by Crippen LogP contribution is -2.49. The molecule has 4 aromatic carbocycles. The summed E-state index contributed by atoms with van der Waals surface area (Å²) in [6.07, 6.45) is -5.79. The summed E-state index contributed by atoms with van der Waals surface area (Å²) in [5, 5.41) is 11.7. The molecule has 0 spiro atoms. The number of hydrogen-bond donors (Lipinski definition) is 2. The minimum absolute atomic E-state index is 0.0256. The van der Waals surface area contributed by atoms with Crippen LogP contribution >= 0.6 is 0 Å². The van der Waals surface area contributed by atoms with E-state index in [2.05, 4.69) is 5.32 Å². The third-order valence-electron chi connectivity index (χ3n) is 8.04. The highest BCUT2D eigenvalue weighted by Gasteiger charge is 2.53. The summed E-state index contributed by atoms with van der Waals surface area (Å²) >= 11 is 0. The molecule has 2 N–H and O–H groups in total. The minimum Gasteiger partial charge on any atom is -0.497 e. The molecule has 2 atom stereocenters. The molecule has 0 fully saturated rings. The Labute approximate surface area is 282 Å². The number of carbonyl (C=O) groups is 1. The van der Waals surface area contributed by atoms with E-state index in [0.717, 1.165) is 6.07 Å². The summed E-state index contributed by atoms with van der Waals surface area (Å²) in [7, 11) is -2.48. The van der Waals surface area contributed by atoms with E-state index in [4.69, 9.17) is 24.3 Å². The van der Waals surface area contributed by atoms with Crippen LogP contribution in [0.1, 0.15) is 41.2 Å². The van der Waals surface area contributed by atoms with Crippen molar-refractivity contribution in [2.24, 2.45) is 4.99 Å². The number of aliphatic hydroxyl groups is 1. The molecule has 0 saturated carbocycles. The standard InChI is InChI=1S/C36H35F3N2O7S/c1-46-29-11-7-10-26(23-29)32-35(19-22-49(44,45)30-12-3-2-4-13-30,34(43)40-24-27-9-5-6-14-31(27)36(37,38)39)41-33(48-32)25-15-17-28(18-16-25)47-21-8-20-42/h2-7,9-18,23,32,42H,8,19-22,24H2,1H3,(H,40,43)/t32-,35-/m1/s1. The van der Waals surface area contributed by atoms with Crippen LogP contribution in [-0.2, 0) is 32.1 Å². The number of rotatable bonds is 14. The molecule has 49 heavy (non-hydrogen) atoms. The Bertz CT molecular complexity index is 1880. The van der Waals surface area contributed by atoms with Gasteiger partial charge in [0.25, 0.3) is 5.91 Å². The topological polar surface area (TPSA) is 124 Å². The zero-order valence-electron chi connectivity index (χ0n) is 26.5. The molecule has 0 aromatic heterocycles. The number of halogens is 3. The summed E-state index contributed by atoms with van der Waals surface area (Å²) < 4.78 is 85.9. The number of alkyl halides is 3. The van der Waals surface area contributed by atoms with Gasteiger partial charge in [0.15, 0.2) is 21.5 Å². The first kappa shape index (κ1) is 35.4. The predicted octanol–water partition coefficient (Wildman–Crippen LogP) is 5.91. The predicted molar refractivity (Wildman–Crippen MR) is 176 cm³/mol. The highest BCUT2D eigenvalue weighted by atomic mass is 32.2. The fourth-order valence-electron chi connectivity index (χ4n) is 5.49. The number of methoxy groups -OCH3 is 1. The third kappa shape index (κ3) is 8.23. The molecule has 1 amide bonds. The first-order chi connectivity index (χ1) is 23.5. The largest absolute Gasteiger partial charge is 0.497 e. The van der Waals surface area contributed by atoms with E-state index in [0.29, 0.717) is 35.7 Å². The van der Waals surface area contributed by atoms with Gasteiger partial charge in [-0.25, -0.2) is 13.4 Å². The lowest BCUT2D eigenvalue weighted by molar-refractivity contribution is -0.138. The highest BCUT2D eigenvalue weighted by molar-refractivity contribution is 7.91. The van der Waals surface area contributed by atoms with E-state index < -0.39 is 51.4 Å². The zero-order chi connectivity index (χ0) is 35.1. The average Bonchev–Trinajstić information content (AvgIpc) is 3.51. The Morgan fingerprint density at radius 1 is 0.959 bits per heavy atom. The van der Waals surface area contributed by atoms with Gasteiger partial charge in [-0.2, -0.15) is 13.2 Å². The van der Waals surface area contributed by atoms with Crippen LogP contribution in [0.3, 0.4) is 0 Å². The average molecular weight is 697 g/mol. The minimum atomic E-state index is -4.67. The fraction of sp³-hybridized carbons (Fsp3) is 0.278. The second-order valence-corrected chi connectivity index (χ2v) is 13.4. The number of aliphatic hydroxyl groups excluding tert-OH is 1. The Balaban J connectivity index is 1.58. The maximum Gasteiger partial charge on any atom is 0.416 e. The Morgan fingerprint density at radius 3 is 2.37 bits per heavy atom. The number of ether oxygens (including phenoxy) is 3. The summed E-state index contributed by atoms with van der Waals surface area (Å²) in [4.78, 5) is 19.2. The van der Waals surface area contributed by atoms with Crippen LogP contribution in [0.25, 0.3) is 0 Å². The number of nitrogens with one attached hydrogen (secondary N) is 1. The number of sulfone groups is 1. The second-order valence-electron chi connectivity index (χ2n) is 11.3. The van der Waals surface area contributed by atoms with Gasteiger partial charge in [0.1, 0.15) is 11.5 Å². The molecule has 1 aliphatic heterocycles. The number of carbonyl (C=O) groups excluding carboxylic acids is 1. The highest BCUT2D eigenvalue weighted by Crippen LogP contribution is 2.44. The number of hydrogen-bond acceptors (Lipinski definition) is 8. The summed E-state index contributed by atoms with van der Waals surface area (Å²) in [5.41, 5.74) is -2.13. The van der Waals surface area contributed by atoms with Gasteiger partial charge in [-0.1, -0.05) is 48.5 Å². The molecule has 5 rings (SSSR count). The first-order valence-corrected chi connectivity index (χ1v) is 17.1. The van der Waals surface area contributed by atoms with E-state index in [1.165, 1.54) is 37.4 Å². The molecule has 9 nitrogen and oxygen atoms in total. The van der Waals surface area contributed by atoms with Crippen molar-refractivity contribution in [3.05, 3.63) is 125 Å². The van der Waals surface area contributed by atoms with Gasteiger partial charge >= 0.3 is 6.18 Å². The molecule has 0 bridgehead atoms. The quantitative estimate of drug-likeness (QED) is 0.157. The molecule has 1 aliphatic rings. The number of nitrogens with zero attached hydrogens (tertiary/aromatic N) is 1. The van der Waals surface area contributed by atoms with Gasteiger partial charge in [-0.15, -0.1) is 0 Å².